The van der Waals surface area contributed by atoms with E-state index in [0.29, 0.717) is 0 Å². The van der Waals surface area contributed by atoms with Crippen LogP contribution in [0.5, 0.6) is 0 Å². The van der Waals surface area contributed by atoms with Gasteiger partial charge in [-0.15, -0.1) is 0 Å². The van der Waals surface area contributed by atoms with Gasteiger partial charge in [-0.05, 0) is 6.42 Å². The van der Waals surface area contributed by atoms with E-state index >= 15 is 0 Å². The maximum atomic E-state index is 7.44. The van der Waals surface area contributed by atoms with Gasteiger partial charge in [0.15, 0.2) is 5.13 Å². The Kier molecular flexibility index (Phi) is 3.46. The summed E-state index contributed by atoms with van der Waals surface area (Å²) in [4.78, 5) is 7.20. The molecule has 0 aliphatic carbocycles. The molecule has 0 amide bonds. The Labute approximate surface area is 88.3 Å². The van der Waals surface area contributed by atoms with Crippen LogP contribution in [0.15, 0.2) is 0 Å². The van der Waals surface area contributed by atoms with Crippen molar-refractivity contribution in [3.63, 3.8) is 0 Å². The van der Waals surface area contributed by atoms with Crippen molar-refractivity contribution in [2.45, 2.75) is 19.8 Å². The maximum absolute atomic E-state index is 7.44. The van der Waals surface area contributed by atoms with Crippen molar-refractivity contribution in [3.05, 3.63) is 10.6 Å². The lowest BCUT2D eigenvalue weighted by molar-refractivity contribution is 0.886. The predicted octanol–water partition coefficient (Wildman–Crippen LogP) is 1.45. The van der Waals surface area contributed by atoms with Crippen LogP contribution in [0.4, 0.5) is 5.13 Å². The molecule has 0 saturated carbocycles. The van der Waals surface area contributed by atoms with Crippen LogP contribution in [0.1, 0.15) is 23.9 Å². The largest absolute Gasteiger partial charge is 0.383 e. The molecule has 0 aliphatic rings. The summed E-state index contributed by atoms with van der Waals surface area (Å²) in [5.41, 5.74) is 6.45. The number of nitrogens with zero attached hydrogens (tertiary/aromatic N) is 2. The number of amidine groups is 1. The fraction of sp³-hybridized carbons (Fsp3) is 0.556. The second-order valence-electron chi connectivity index (χ2n) is 3.33. The van der Waals surface area contributed by atoms with Crippen molar-refractivity contribution in [2.75, 3.05) is 19.0 Å². The summed E-state index contributed by atoms with van der Waals surface area (Å²) >= 11 is 1.48. The van der Waals surface area contributed by atoms with E-state index < -0.39 is 0 Å². The SMILES string of the molecule is CCCc1nc(N(C)C)sc1C(=N)N. The van der Waals surface area contributed by atoms with Crippen molar-refractivity contribution in [1.82, 2.24) is 4.98 Å². The molecule has 0 aromatic carbocycles. The van der Waals surface area contributed by atoms with Crippen LogP contribution in [0.25, 0.3) is 0 Å². The lowest BCUT2D eigenvalue weighted by atomic mass is 10.2. The van der Waals surface area contributed by atoms with E-state index in [1.54, 1.807) is 0 Å². The van der Waals surface area contributed by atoms with Gasteiger partial charge >= 0.3 is 0 Å². The number of thiazole rings is 1. The maximum Gasteiger partial charge on any atom is 0.185 e. The fourth-order valence-electron chi connectivity index (χ4n) is 1.15. The van der Waals surface area contributed by atoms with Crippen molar-refractivity contribution < 1.29 is 0 Å². The summed E-state index contributed by atoms with van der Waals surface area (Å²) in [7, 11) is 3.89. The number of nitrogens with one attached hydrogen (secondary N) is 1. The van der Waals surface area contributed by atoms with Crippen LogP contribution in [0.2, 0.25) is 0 Å². The van der Waals surface area contributed by atoms with E-state index in [-0.39, 0.29) is 5.84 Å². The van der Waals surface area contributed by atoms with Gasteiger partial charge in [0.2, 0.25) is 0 Å². The van der Waals surface area contributed by atoms with Gasteiger partial charge in [0.05, 0.1) is 10.6 Å². The quantitative estimate of drug-likeness (QED) is 0.586. The summed E-state index contributed by atoms with van der Waals surface area (Å²) in [5.74, 6) is 0.124. The highest BCUT2D eigenvalue weighted by Crippen LogP contribution is 2.25. The Morgan fingerprint density at radius 1 is 1.57 bits per heavy atom. The van der Waals surface area contributed by atoms with Gasteiger partial charge < -0.3 is 10.6 Å². The minimum Gasteiger partial charge on any atom is -0.383 e. The molecule has 0 fully saturated rings. The van der Waals surface area contributed by atoms with E-state index in [9.17, 15) is 0 Å². The van der Waals surface area contributed by atoms with E-state index in [2.05, 4.69) is 11.9 Å². The lowest BCUT2D eigenvalue weighted by Gasteiger charge is -2.05. The molecule has 1 heterocycles. The summed E-state index contributed by atoms with van der Waals surface area (Å²) in [6.07, 6.45) is 1.91. The zero-order valence-corrected chi connectivity index (χ0v) is 9.61. The van der Waals surface area contributed by atoms with Crippen molar-refractivity contribution in [1.29, 1.82) is 5.41 Å². The number of hydrogen-bond donors (Lipinski definition) is 2. The van der Waals surface area contributed by atoms with E-state index in [0.717, 1.165) is 28.5 Å². The second-order valence-corrected chi connectivity index (χ2v) is 4.31. The molecule has 0 aliphatic heterocycles. The van der Waals surface area contributed by atoms with Gasteiger partial charge in [0.25, 0.3) is 0 Å². The first-order valence-electron chi connectivity index (χ1n) is 4.57. The Hall–Kier alpha value is -1.10. The Morgan fingerprint density at radius 3 is 2.64 bits per heavy atom. The average Bonchev–Trinajstić information content (AvgIpc) is 2.49. The van der Waals surface area contributed by atoms with Crippen LogP contribution >= 0.6 is 11.3 Å². The Morgan fingerprint density at radius 2 is 2.21 bits per heavy atom. The minimum atomic E-state index is 0.124. The zero-order chi connectivity index (χ0) is 10.7. The zero-order valence-electron chi connectivity index (χ0n) is 8.79. The van der Waals surface area contributed by atoms with Crippen LogP contribution < -0.4 is 10.6 Å². The lowest BCUT2D eigenvalue weighted by Crippen LogP contribution is -2.11. The number of nitrogen functional groups attached to an aromatic ring is 1. The summed E-state index contributed by atoms with van der Waals surface area (Å²) in [6, 6.07) is 0. The average molecular weight is 212 g/mol. The molecular weight excluding hydrogens is 196 g/mol. The van der Waals surface area contributed by atoms with Crippen molar-refractivity contribution >= 4 is 22.3 Å². The Bertz CT molecular complexity index is 330. The first-order valence-corrected chi connectivity index (χ1v) is 5.39. The normalized spacial score (nSPS) is 10.2. The molecule has 78 valence electrons. The molecule has 0 saturated heterocycles. The number of rotatable bonds is 4. The molecule has 0 unspecified atom stereocenters. The van der Waals surface area contributed by atoms with Crippen LogP contribution in [-0.2, 0) is 6.42 Å². The highest BCUT2D eigenvalue weighted by molar-refractivity contribution is 7.17. The number of nitrogens with two attached hydrogens (primary N) is 1. The molecule has 0 bridgehead atoms. The van der Waals surface area contributed by atoms with Crippen LogP contribution in [0.3, 0.4) is 0 Å². The smallest absolute Gasteiger partial charge is 0.185 e. The second kappa shape index (κ2) is 4.41. The number of aromatic nitrogens is 1. The molecule has 1 rings (SSSR count). The summed E-state index contributed by atoms with van der Waals surface area (Å²) in [5, 5.41) is 8.35. The Balaban J connectivity index is 3.05. The monoisotopic (exact) mass is 212 g/mol. The third-order valence-corrected chi connectivity index (χ3v) is 3.10. The number of aryl methyl sites for hydroxylation is 1. The molecule has 14 heavy (non-hydrogen) atoms. The van der Waals surface area contributed by atoms with Crippen molar-refractivity contribution in [3.8, 4) is 0 Å². The molecule has 5 heteroatoms. The van der Waals surface area contributed by atoms with Gasteiger partial charge in [-0.3, -0.25) is 5.41 Å². The third kappa shape index (κ3) is 2.23. The highest BCUT2D eigenvalue weighted by Gasteiger charge is 2.13. The van der Waals surface area contributed by atoms with Gasteiger partial charge in [-0.25, -0.2) is 4.98 Å². The van der Waals surface area contributed by atoms with Crippen LogP contribution in [0, 0.1) is 5.41 Å². The summed E-state index contributed by atoms with van der Waals surface area (Å²) < 4.78 is 0. The molecule has 4 nitrogen and oxygen atoms in total. The molecule has 0 spiro atoms. The number of hydrogen-bond acceptors (Lipinski definition) is 4. The van der Waals surface area contributed by atoms with Crippen molar-refractivity contribution in [2.24, 2.45) is 5.73 Å². The highest BCUT2D eigenvalue weighted by atomic mass is 32.1. The van der Waals surface area contributed by atoms with Gasteiger partial charge in [0.1, 0.15) is 5.84 Å². The molecule has 1 aromatic heterocycles. The third-order valence-electron chi connectivity index (χ3n) is 1.80. The van der Waals surface area contributed by atoms with Crippen LogP contribution in [-0.4, -0.2) is 24.9 Å². The first kappa shape index (κ1) is 11.0. The van der Waals surface area contributed by atoms with E-state index in [1.165, 1.54) is 11.3 Å². The fourth-order valence-corrected chi connectivity index (χ4v) is 2.04. The van der Waals surface area contributed by atoms with Gasteiger partial charge in [-0.2, -0.15) is 0 Å². The van der Waals surface area contributed by atoms with E-state index in [1.807, 2.05) is 19.0 Å². The molecule has 1 aromatic rings. The standard InChI is InChI=1S/C9H16N4S/c1-4-5-6-7(8(10)11)14-9(12-6)13(2)3/h4-5H2,1-3H3,(H3,10,11). The molecule has 0 radical (unpaired) electrons. The molecular formula is C9H16N4S. The summed E-state index contributed by atoms with van der Waals surface area (Å²) in [6.45, 7) is 2.10. The first-order chi connectivity index (χ1) is 6.56. The van der Waals surface area contributed by atoms with Gasteiger partial charge in [-0.1, -0.05) is 24.7 Å². The topological polar surface area (TPSA) is 66.0 Å². The van der Waals surface area contributed by atoms with E-state index in [4.69, 9.17) is 11.1 Å². The predicted molar refractivity (Wildman–Crippen MR) is 61.5 cm³/mol. The minimum absolute atomic E-state index is 0.124. The van der Waals surface area contributed by atoms with Gasteiger partial charge in [0, 0.05) is 14.1 Å². The number of anilines is 1. The molecule has 3 N–H and O–H groups in total. The molecule has 0 atom stereocenters.